The molecule has 1 aliphatic rings. The van der Waals surface area contributed by atoms with Crippen molar-refractivity contribution in [3.8, 4) is 5.88 Å². The number of nitrogens with two attached hydrogens (primary N) is 1. The molecule has 2 rings (SSSR count). The molecule has 0 radical (unpaired) electrons. The van der Waals surface area contributed by atoms with Crippen molar-refractivity contribution in [2.45, 2.75) is 25.1 Å². The number of carboxylic acids is 1. The van der Waals surface area contributed by atoms with E-state index in [0.717, 1.165) is 5.88 Å². The molecule has 102 valence electrons. The highest BCUT2D eigenvalue weighted by atomic mass is 19.4. The lowest BCUT2D eigenvalue weighted by Crippen LogP contribution is -2.37. The normalized spacial score (nSPS) is 14.7. The van der Waals surface area contributed by atoms with E-state index in [2.05, 4.69) is 5.10 Å². The maximum atomic E-state index is 10.5. The predicted molar refractivity (Wildman–Crippen MR) is 51.1 cm³/mol. The SMILES string of the molecule is C[n+]1[nH]c(OC2CC2)cc1N.O=C([O-])C(F)(F)F. The Kier molecular flexibility index (Phi) is 4.04. The summed E-state index contributed by atoms with van der Waals surface area (Å²) >= 11 is 0. The second-order valence-corrected chi connectivity index (χ2v) is 3.71. The van der Waals surface area contributed by atoms with Crippen LogP contribution in [0.4, 0.5) is 19.0 Å². The molecule has 18 heavy (non-hydrogen) atoms. The lowest BCUT2D eigenvalue weighted by atomic mass is 10.6. The van der Waals surface area contributed by atoms with Crippen LogP contribution in [0.3, 0.4) is 0 Å². The Balaban J connectivity index is 0.000000203. The van der Waals surface area contributed by atoms with Gasteiger partial charge in [-0.25, -0.2) is 0 Å². The van der Waals surface area contributed by atoms with Gasteiger partial charge in [0, 0.05) is 0 Å². The molecule has 1 saturated carbocycles. The van der Waals surface area contributed by atoms with Crippen LogP contribution in [-0.2, 0) is 11.8 Å². The van der Waals surface area contributed by atoms with Gasteiger partial charge in [0.2, 0.25) is 5.88 Å². The summed E-state index contributed by atoms with van der Waals surface area (Å²) in [5.41, 5.74) is 5.59. The van der Waals surface area contributed by atoms with Crippen LogP contribution in [0.25, 0.3) is 0 Å². The van der Waals surface area contributed by atoms with Crippen LogP contribution >= 0.6 is 0 Å². The molecule has 1 aromatic rings. The molecular weight excluding hydrogens is 255 g/mol. The fraction of sp³-hybridized carbons (Fsp3) is 0.556. The van der Waals surface area contributed by atoms with Crippen molar-refractivity contribution in [3.05, 3.63) is 6.07 Å². The maximum Gasteiger partial charge on any atom is 0.430 e. The molecule has 1 fully saturated rings. The third-order valence-electron chi connectivity index (χ3n) is 1.99. The number of nitrogens with zero attached hydrogens (tertiary/aromatic N) is 1. The number of carboxylic acid groups (broad SMARTS) is 1. The minimum atomic E-state index is -5.19. The number of halogens is 3. The van der Waals surface area contributed by atoms with Crippen LogP contribution in [0.2, 0.25) is 0 Å². The van der Waals surface area contributed by atoms with Gasteiger partial charge >= 0.3 is 6.18 Å². The number of rotatable bonds is 2. The zero-order chi connectivity index (χ0) is 13.9. The topological polar surface area (TPSA) is 95.1 Å². The molecule has 0 aromatic carbocycles. The van der Waals surface area contributed by atoms with E-state index in [9.17, 15) is 13.2 Å². The van der Waals surface area contributed by atoms with E-state index in [-0.39, 0.29) is 0 Å². The quantitative estimate of drug-likeness (QED) is 0.690. The van der Waals surface area contributed by atoms with Crippen LogP contribution in [0.5, 0.6) is 5.88 Å². The van der Waals surface area contributed by atoms with Gasteiger partial charge in [-0.1, -0.05) is 0 Å². The molecule has 0 spiro atoms. The number of alkyl halides is 3. The lowest BCUT2D eigenvalue weighted by molar-refractivity contribution is -0.713. The third-order valence-corrected chi connectivity index (χ3v) is 1.99. The molecule has 0 bridgehead atoms. The summed E-state index contributed by atoms with van der Waals surface area (Å²) < 4.78 is 38.8. The Labute approximate surface area is 100 Å². The summed E-state index contributed by atoms with van der Waals surface area (Å²) in [5, 5.41) is 11.8. The number of anilines is 1. The molecule has 0 amide bonds. The van der Waals surface area contributed by atoms with Crippen molar-refractivity contribution < 1.29 is 32.5 Å². The summed E-state index contributed by atoms with van der Waals surface area (Å²) in [6, 6.07) is 1.80. The van der Waals surface area contributed by atoms with E-state index in [4.69, 9.17) is 20.4 Å². The zero-order valence-corrected chi connectivity index (χ0v) is 9.45. The number of nitrogens with one attached hydrogen (secondary N) is 1. The highest BCUT2D eigenvalue weighted by molar-refractivity contribution is 5.70. The average molecular weight is 267 g/mol. The number of carbonyl (C=O) groups excluding carboxylic acids is 1. The van der Waals surface area contributed by atoms with E-state index in [0.29, 0.717) is 11.9 Å². The Hall–Kier alpha value is -1.93. The standard InChI is InChI=1S/C7H11N3O.C2HF3O2/c1-10-6(8)4-7(9-10)11-5-2-3-5;3-2(4,5)1(6)7/h4-5H,2-3H2,1H3,(H2,8,9);(H,6,7). The number of H-pyrrole nitrogens is 1. The zero-order valence-electron chi connectivity index (χ0n) is 9.45. The minimum Gasteiger partial charge on any atom is -0.542 e. The highest BCUT2D eigenvalue weighted by Crippen LogP contribution is 2.25. The first kappa shape index (κ1) is 14.1. The van der Waals surface area contributed by atoms with Crippen molar-refractivity contribution >= 4 is 11.8 Å². The van der Waals surface area contributed by atoms with Gasteiger partial charge in [0.1, 0.15) is 19.1 Å². The number of hydrogen-bond donors (Lipinski definition) is 2. The second kappa shape index (κ2) is 5.15. The molecule has 1 aliphatic carbocycles. The van der Waals surface area contributed by atoms with Crippen LogP contribution in [0.15, 0.2) is 6.07 Å². The highest BCUT2D eigenvalue weighted by Gasteiger charge is 2.28. The van der Waals surface area contributed by atoms with E-state index in [1.54, 1.807) is 10.7 Å². The van der Waals surface area contributed by atoms with Crippen molar-refractivity contribution in [2.24, 2.45) is 7.05 Å². The monoisotopic (exact) mass is 267 g/mol. The summed E-state index contributed by atoms with van der Waals surface area (Å²) in [6.07, 6.45) is -2.43. The molecular formula is C9H12F3N3O3. The van der Waals surface area contributed by atoms with Crippen LogP contribution in [0, 0.1) is 0 Å². The first-order valence-corrected chi connectivity index (χ1v) is 4.99. The van der Waals surface area contributed by atoms with Crippen LogP contribution in [0.1, 0.15) is 12.8 Å². The molecule has 0 aliphatic heterocycles. The number of carbonyl (C=O) groups is 1. The van der Waals surface area contributed by atoms with Gasteiger partial charge in [-0.15, -0.1) is 0 Å². The van der Waals surface area contributed by atoms with Gasteiger partial charge in [-0.3, -0.25) is 5.73 Å². The van der Waals surface area contributed by atoms with Crippen LogP contribution < -0.4 is 20.3 Å². The number of aromatic nitrogens is 2. The van der Waals surface area contributed by atoms with E-state index in [1.165, 1.54) is 12.8 Å². The fourth-order valence-electron chi connectivity index (χ4n) is 0.919. The summed E-state index contributed by atoms with van der Waals surface area (Å²) in [5.74, 6) is -1.54. The number of nitrogen functional groups attached to an aromatic ring is 1. The third kappa shape index (κ3) is 4.52. The van der Waals surface area contributed by atoms with Crippen LogP contribution in [-0.4, -0.2) is 23.3 Å². The molecule has 0 saturated heterocycles. The van der Waals surface area contributed by atoms with Crippen molar-refractivity contribution in [1.29, 1.82) is 0 Å². The number of aromatic amines is 1. The second-order valence-electron chi connectivity index (χ2n) is 3.71. The van der Waals surface area contributed by atoms with Crippen molar-refractivity contribution in [1.82, 2.24) is 5.10 Å². The Bertz CT molecular complexity index is 407. The molecule has 0 atom stereocenters. The summed E-state index contributed by atoms with van der Waals surface area (Å²) in [6.45, 7) is 0. The lowest BCUT2D eigenvalue weighted by Gasteiger charge is -2.03. The van der Waals surface area contributed by atoms with Gasteiger partial charge in [0.25, 0.3) is 5.82 Å². The Morgan fingerprint density at radius 2 is 2.11 bits per heavy atom. The number of ether oxygens (including phenoxy) is 1. The van der Waals surface area contributed by atoms with Gasteiger partial charge in [-0.05, 0) is 12.8 Å². The maximum absolute atomic E-state index is 10.5. The Morgan fingerprint density at radius 1 is 1.61 bits per heavy atom. The van der Waals surface area contributed by atoms with E-state index >= 15 is 0 Å². The smallest absolute Gasteiger partial charge is 0.430 e. The van der Waals surface area contributed by atoms with Gasteiger partial charge in [-0.2, -0.15) is 23.0 Å². The molecule has 9 heteroatoms. The van der Waals surface area contributed by atoms with E-state index < -0.39 is 12.1 Å². The molecule has 6 nitrogen and oxygen atoms in total. The van der Waals surface area contributed by atoms with Gasteiger partial charge in [0.15, 0.2) is 0 Å². The largest absolute Gasteiger partial charge is 0.542 e. The Morgan fingerprint density at radius 3 is 2.39 bits per heavy atom. The molecule has 0 unspecified atom stereocenters. The first-order chi connectivity index (χ1) is 8.20. The fourth-order valence-corrected chi connectivity index (χ4v) is 0.919. The minimum absolute atomic E-state index is 0.424. The van der Waals surface area contributed by atoms with E-state index in [1.807, 2.05) is 7.05 Å². The van der Waals surface area contributed by atoms with Gasteiger partial charge in [0.05, 0.1) is 6.07 Å². The molecule has 3 N–H and O–H groups in total. The van der Waals surface area contributed by atoms with Gasteiger partial charge < -0.3 is 14.6 Å². The number of aliphatic carboxylic acids is 1. The van der Waals surface area contributed by atoms with Crippen molar-refractivity contribution in [3.63, 3.8) is 0 Å². The summed E-state index contributed by atoms with van der Waals surface area (Å²) in [7, 11) is 1.86. The number of aryl methyl sites for hydroxylation is 1. The van der Waals surface area contributed by atoms with Crippen molar-refractivity contribution in [2.75, 3.05) is 5.73 Å². The first-order valence-electron chi connectivity index (χ1n) is 4.99. The predicted octanol–water partition coefficient (Wildman–Crippen LogP) is -0.739. The summed E-state index contributed by atoms with van der Waals surface area (Å²) in [4.78, 5) is 8.78. The molecule has 1 aromatic heterocycles. The number of hydrogen-bond acceptors (Lipinski definition) is 4. The average Bonchev–Trinajstić information content (AvgIpc) is 2.94. The molecule has 1 heterocycles.